The van der Waals surface area contributed by atoms with Gasteiger partial charge in [-0.15, -0.1) is 0 Å². The Morgan fingerprint density at radius 3 is 2.93 bits per heavy atom. The highest BCUT2D eigenvalue weighted by Crippen LogP contribution is 2.22. The number of hydrogen-bond acceptors (Lipinski definition) is 5. The summed E-state index contributed by atoms with van der Waals surface area (Å²) in [5.41, 5.74) is 0.714. The van der Waals surface area contributed by atoms with Crippen LogP contribution in [0.3, 0.4) is 0 Å². The Bertz CT molecular complexity index is 823. The Hall–Kier alpha value is -2.77. The van der Waals surface area contributed by atoms with Gasteiger partial charge >= 0.3 is 0 Å². The van der Waals surface area contributed by atoms with E-state index in [1.165, 1.54) is 12.1 Å². The molecule has 0 saturated carbocycles. The lowest BCUT2D eigenvalue weighted by Crippen LogP contribution is -2.46. The lowest BCUT2D eigenvalue weighted by molar-refractivity contribution is -0.143. The molecule has 1 aliphatic heterocycles. The summed E-state index contributed by atoms with van der Waals surface area (Å²) in [5.74, 6) is 0.252. The van der Waals surface area contributed by atoms with Crippen molar-refractivity contribution in [1.82, 2.24) is 19.9 Å². The summed E-state index contributed by atoms with van der Waals surface area (Å²) in [7, 11) is 0. The molecule has 144 valence electrons. The second-order valence-electron chi connectivity index (χ2n) is 6.72. The Balaban J connectivity index is 1.66. The number of carbonyl (C=O) groups is 2. The van der Waals surface area contributed by atoms with Crippen molar-refractivity contribution in [3.05, 3.63) is 47.4 Å². The molecule has 0 N–H and O–H groups in total. The minimum atomic E-state index is -0.336. The first-order valence-electron chi connectivity index (χ1n) is 9.06. The molecule has 0 spiro atoms. The van der Waals surface area contributed by atoms with E-state index < -0.39 is 0 Å². The van der Waals surface area contributed by atoms with Crippen LogP contribution in [0.4, 0.5) is 4.39 Å². The first-order chi connectivity index (χ1) is 13.0. The smallest absolute Gasteiger partial charge is 0.227 e. The van der Waals surface area contributed by atoms with Crippen LogP contribution in [-0.4, -0.2) is 44.8 Å². The Labute approximate surface area is 157 Å². The van der Waals surface area contributed by atoms with Gasteiger partial charge in [0.25, 0.3) is 0 Å². The number of halogens is 1. The molecule has 2 aromatic rings. The minimum absolute atomic E-state index is 0.0137. The van der Waals surface area contributed by atoms with E-state index >= 15 is 0 Å². The molecule has 1 fully saturated rings. The molecule has 1 aliphatic rings. The van der Waals surface area contributed by atoms with E-state index in [0.29, 0.717) is 49.8 Å². The van der Waals surface area contributed by atoms with E-state index in [9.17, 15) is 14.0 Å². The van der Waals surface area contributed by atoms with Crippen LogP contribution >= 0.6 is 0 Å². The maximum atomic E-state index is 13.4. The zero-order valence-electron chi connectivity index (χ0n) is 15.5. The van der Waals surface area contributed by atoms with Gasteiger partial charge in [-0.25, -0.2) is 4.39 Å². The van der Waals surface area contributed by atoms with Crippen molar-refractivity contribution in [3.8, 4) is 0 Å². The Morgan fingerprint density at radius 1 is 1.44 bits per heavy atom. The van der Waals surface area contributed by atoms with Crippen LogP contribution < -0.4 is 0 Å². The lowest BCUT2D eigenvalue weighted by Gasteiger charge is -2.34. The number of aromatic nitrogens is 2. The molecule has 8 heteroatoms. The quantitative estimate of drug-likeness (QED) is 0.775. The molecule has 1 aromatic carbocycles. The number of piperidine rings is 1. The molecular formula is C19H23FN4O3. The fourth-order valence-electron chi connectivity index (χ4n) is 3.30. The fourth-order valence-corrected chi connectivity index (χ4v) is 3.30. The largest absolute Gasteiger partial charge is 0.340 e. The molecule has 0 unspecified atom stereocenters. The van der Waals surface area contributed by atoms with Crippen molar-refractivity contribution in [2.75, 3.05) is 13.1 Å². The van der Waals surface area contributed by atoms with E-state index in [0.717, 1.165) is 0 Å². The monoisotopic (exact) mass is 374 g/mol. The number of aryl methyl sites for hydroxylation is 1. The molecule has 1 aromatic heterocycles. The average Bonchev–Trinajstić information content (AvgIpc) is 3.06. The molecule has 3 rings (SSSR count). The predicted octanol–water partition coefficient (Wildman–Crippen LogP) is 2.30. The summed E-state index contributed by atoms with van der Waals surface area (Å²) in [6.45, 7) is 5.02. The highest BCUT2D eigenvalue weighted by Gasteiger charge is 2.32. The van der Waals surface area contributed by atoms with Crippen LogP contribution in [0.15, 0.2) is 28.8 Å². The first kappa shape index (κ1) is 19.0. The maximum Gasteiger partial charge on any atom is 0.227 e. The van der Waals surface area contributed by atoms with Gasteiger partial charge in [-0.2, -0.15) is 4.98 Å². The molecule has 2 heterocycles. The van der Waals surface area contributed by atoms with Crippen LogP contribution in [0.5, 0.6) is 0 Å². The zero-order chi connectivity index (χ0) is 19.4. The Morgan fingerprint density at radius 2 is 2.26 bits per heavy atom. The topological polar surface area (TPSA) is 79.5 Å². The summed E-state index contributed by atoms with van der Waals surface area (Å²) in [6.07, 6.45) is 0.823. The van der Waals surface area contributed by atoms with E-state index in [1.54, 1.807) is 28.9 Å². The molecule has 2 amide bonds. The summed E-state index contributed by atoms with van der Waals surface area (Å²) < 4.78 is 18.4. The predicted molar refractivity (Wildman–Crippen MR) is 94.7 cm³/mol. The highest BCUT2D eigenvalue weighted by molar-refractivity contribution is 5.83. The second kappa shape index (κ2) is 8.28. The van der Waals surface area contributed by atoms with Gasteiger partial charge in [0.2, 0.25) is 17.7 Å². The van der Waals surface area contributed by atoms with Gasteiger partial charge in [0.05, 0.1) is 12.5 Å². The number of hydrogen-bond donors (Lipinski definition) is 0. The van der Waals surface area contributed by atoms with Crippen LogP contribution in [0.25, 0.3) is 0 Å². The number of likely N-dealkylation sites (tertiary alicyclic amines) is 1. The van der Waals surface area contributed by atoms with Crippen molar-refractivity contribution in [1.29, 1.82) is 0 Å². The van der Waals surface area contributed by atoms with Crippen LogP contribution in [0.1, 0.15) is 37.0 Å². The van der Waals surface area contributed by atoms with Gasteiger partial charge in [0.15, 0.2) is 5.82 Å². The van der Waals surface area contributed by atoms with E-state index in [4.69, 9.17) is 4.52 Å². The molecule has 7 nitrogen and oxygen atoms in total. The zero-order valence-corrected chi connectivity index (χ0v) is 15.5. The molecule has 0 bridgehead atoms. The maximum absolute atomic E-state index is 13.4. The van der Waals surface area contributed by atoms with Crippen molar-refractivity contribution >= 4 is 11.8 Å². The molecule has 0 radical (unpaired) electrons. The molecule has 27 heavy (non-hydrogen) atoms. The van der Waals surface area contributed by atoms with Gasteiger partial charge in [-0.1, -0.05) is 17.3 Å². The van der Waals surface area contributed by atoms with E-state index in [1.807, 2.05) is 6.92 Å². The fraction of sp³-hybridized carbons (Fsp3) is 0.474. The van der Waals surface area contributed by atoms with Gasteiger partial charge in [-0.05, 0) is 31.0 Å². The second-order valence-corrected chi connectivity index (χ2v) is 6.72. The van der Waals surface area contributed by atoms with Crippen LogP contribution in [0.2, 0.25) is 0 Å². The van der Waals surface area contributed by atoms with E-state index in [2.05, 4.69) is 10.1 Å². The average molecular weight is 374 g/mol. The van der Waals surface area contributed by atoms with Crippen molar-refractivity contribution in [2.24, 2.45) is 5.92 Å². The van der Waals surface area contributed by atoms with Crippen molar-refractivity contribution in [3.63, 3.8) is 0 Å². The van der Waals surface area contributed by atoms with Crippen LogP contribution in [-0.2, 0) is 22.7 Å². The summed E-state index contributed by atoms with van der Waals surface area (Å²) in [5, 5.41) is 3.84. The summed E-state index contributed by atoms with van der Waals surface area (Å²) in [6, 6.07) is 6.18. The minimum Gasteiger partial charge on any atom is -0.340 e. The summed E-state index contributed by atoms with van der Waals surface area (Å²) in [4.78, 5) is 32.7. The number of amides is 2. The van der Waals surface area contributed by atoms with Gasteiger partial charge in [-0.3, -0.25) is 9.59 Å². The molecule has 1 atom stereocenters. The van der Waals surface area contributed by atoms with E-state index in [-0.39, 0.29) is 30.1 Å². The third-order valence-electron chi connectivity index (χ3n) is 4.71. The normalized spacial score (nSPS) is 17.2. The highest BCUT2D eigenvalue weighted by atomic mass is 19.1. The summed E-state index contributed by atoms with van der Waals surface area (Å²) >= 11 is 0. The third kappa shape index (κ3) is 4.69. The first-order valence-corrected chi connectivity index (χ1v) is 9.06. The number of benzene rings is 1. The molecule has 0 aliphatic carbocycles. The van der Waals surface area contributed by atoms with Gasteiger partial charge in [0.1, 0.15) is 5.82 Å². The van der Waals surface area contributed by atoms with Gasteiger partial charge < -0.3 is 14.3 Å². The lowest BCUT2D eigenvalue weighted by atomic mass is 9.95. The third-order valence-corrected chi connectivity index (χ3v) is 4.71. The Kier molecular flexibility index (Phi) is 5.83. The standard InChI is InChI=1S/C19H23FN4O3/c1-3-23(12-17-21-13(2)27-22-17)19(26)15-7-8-18(25)24(11-15)10-14-5-4-6-16(20)9-14/h4-6,9,15H,3,7-8,10-12H2,1-2H3/t15-/m0/s1. The number of rotatable bonds is 6. The molecule has 1 saturated heterocycles. The molecular weight excluding hydrogens is 351 g/mol. The SMILES string of the molecule is CCN(Cc1noc(C)n1)C(=O)[C@H]1CCC(=O)N(Cc2cccc(F)c2)C1. The van der Waals surface area contributed by atoms with Crippen LogP contribution in [0, 0.1) is 18.7 Å². The van der Waals surface area contributed by atoms with Crippen molar-refractivity contribution < 1.29 is 18.5 Å². The number of carbonyl (C=O) groups excluding carboxylic acids is 2. The van der Waals surface area contributed by atoms with Gasteiger partial charge in [0, 0.05) is 33.0 Å². The van der Waals surface area contributed by atoms with Crippen molar-refractivity contribution in [2.45, 2.75) is 39.8 Å². The number of nitrogens with zero attached hydrogens (tertiary/aromatic N) is 4.